The highest BCUT2D eigenvalue weighted by Gasteiger charge is 2.45. The van der Waals surface area contributed by atoms with Crippen LogP contribution in [0.15, 0.2) is 194 Å². The number of hydrogen-bond acceptors (Lipinski definition) is 3. The Hall–Kier alpha value is -7.04. The van der Waals surface area contributed by atoms with Crippen molar-refractivity contribution < 1.29 is 0 Å². The van der Waals surface area contributed by atoms with E-state index >= 15 is 0 Å². The van der Waals surface area contributed by atoms with Crippen LogP contribution >= 0.6 is 0 Å². The highest BCUT2D eigenvalue weighted by atomic mass is 15.2. The van der Waals surface area contributed by atoms with Gasteiger partial charge in [-0.25, -0.2) is 0 Å². The molecule has 0 N–H and O–H groups in total. The minimum atomic E-state index is -0.0412. The molecule has 9 aromatic carbocycles. The van der Waals surface area contributed by atoms with E-state index in [1.165, 1.54) is 71.8 Å². The van der Waals surface area contributed by atoms with Crippen LogP contribution in [0.1, 0.15) is 52.7 Å². The van der Waals surface area contributed by atoms with E-state index in [9.17, 15) is 0 Å². The Morgan fingerprint density at radius 2 is 0.887 bits per heavy atom. The fourth-order valence-corrected chi connectivity index (χ4v) is 9.94. The highest BCUT2D eigenvalue weighted by molar-refractivity contribution is 7.01. The number of anilines is 9. The summed E-state index contributed by atoms with van der Waals surface area (Å²) in [7, 11) is 0. The van der Waals surface area contributed by atoms with Gasteiger partial charge >= 0.3 is 0 Å². The molecule has 0 saturated carbocycles. The lowest BCUT2D eigenvalue weighted by molar-refractivity contribution is 0.590. The smallest absolute Gasteiger partial charge is 0.252 e. The second-order valence-electron chi connectivity index (χ2n) is 19.1. The third kappa shape index (κ3) is 6.19. The molecule has 0 saturated heterocycles. The predicted octanol–water partition coefficient (Wildman–Crippen LogP) is 14.1. The molecular weight excluding hydrogens is 749 g/mol. The molecule has 2 aliphatic rings. The van der Waals surface area contributed by atoms with Gasteiger partial charge in [-0.1, -0.05) is 163 Å². The molecule has 2 aliphatic heterocycles. The van der Waals surface area contributed by atoms with Crippen molar-refractivity contribution in [3.8, 4) is 0 Å². The Kier molecular flexibility index (Phi) is 8.74. The van der Waals surface area contributed by atoms with Crippen LogP contribution in [-0.2, 0) is 10.8 Å². The summed E-state index contributed by atoms with van der Waals surface area (Å²) in [6.45, 7) is 13.8. The SMILES string of the molecule is CC(C)(C)c1ccc(N2c3ccc(C(C)(C)C)cc3B3c4c2cc(N(c2ccccc2)c2ccccc2)cc4N(c2ccc4ccccc4c2)c2ccc4ccccc4c23)cc1. The van der Waals surface area contributed by atoms with Crippen LogP contribution in [0.25, 0.3) is 21.5 Å². The van der Waals surface area contributed by atoms with Gasteiger partial charge < -0.3 is 14.7 Å². The molecule has 4 heteroatoms. The van der Waals surface area contributed by atoms with Gasteiger partial charge in [-0.2, -0.15) is 0 Å². The highest BCUT2D eigenvalue weighted by Crippen LogP contribution is 2.49. The minimum absolute atomic E-state index is 0.0289. The van der Waals surface area contributed by atoms with Gasteiger partial charge in [0.1, 0.15) is 0 Å². The Morgan fingerprint density at radius 1 is 0.371 bits per heavy atom. The first-order valence-corrected chi connectivity index (χ1v) is 22.0. The third-order valence-corrected chi connectivity index (χ3v) is 13.1. The third-order valence-electron chi connectivity index (χ3n) is 13.1. The molecule has 0 aromatic heterocycles. The summed E-state index contributed by atoms with van der Waals surface area (Å²) in [6, 6.07) is 72.5. The summed E-state index contributed by atoms with van der Waals surface area (Å²) in [5, 5.41) is 4.98. The topological polar surface area (TPSA) is 9.72 Å². The number of benzene rings is 9. The molecule has 0 atom stereocenters. The molecule has 300 valence electrons. The van der Waals surface area contributed by atoms with Crippen molar-refractivity contribution in [3.63, 3.8) is 0 Å². The van der Waals surface area contributed by atoms with Crippen molar-refractivity contribution in [2.75, 3.05) is 14.7 Å². The van der Waals surface area contributed by atoms with E-state index in [-0.39, 0.29) is 17.5 Å². The van der Waals surface area contributed by atoms with Crippen LogP contribution in [0.3, 0.4) is 0 Å². The second-order valence-corrected chi connectivity index (χ2v) is 19.1. The largest absolute Gasteiger partial charge is 0.311 e. The van der Waals surface area contributed by atoms with Gasteiger partial charge in [0.2, 0.25) is 0 Å². The van der Waals surface area contributed by atoms with Crippen LogP contribution < -0.4 is 31.1 Å². The molecule has 0 unspecified atom stereocenters. The maximum absolute atomic E-state index is 2.56. The van der Waals surface area contributed by atoms with E-state index in [4.69, 9.17) is 0 Å². The van der Waals surface area contributed by atoms with Crippen LogP contribution in [0, 0.1) is 0 Å². The van der Waals surface area contributed by atoms with Gasteiger partial charge in [0.05, 0.1) is 5.69 Å². The minimum Gasteiger partial charge on any atom is -0.311 e. The van der Waals surface area contributed by atoms with E-state index in [0.29, 0.717) is 0 Å². The van der Waals surface area contributed by atoms with Gasteiger partial charge in [0.15, 0.2) is 0 Å². The summed E-state index contributed by atoms with van der Waals surface area (Å²) in [5.74, 6) is 0. The standard InChI is InChI=1S/C58H50BN3/c1-57(2,3)42-27-31-46(32-28-42)61-51-34-29-43(58(4,5)6)36-50(51)59-55-49-24-16-15-18-40(49)26-33-52(55)62(47-30-25-39-17-13-14-19-41(39)35-47)54-38-48(37-53(61)56(54)59)60(44-20-9-7-10-21-44)45-22-11-8-12-23-45/h7-38H,1-6H3. The maximum atomic E-state index is 2.56. The first-order chi connectivity index (χ1) is 30.0. The quantitative estimate of drug-likeness (QED) is 0.161. The lowest BCUT2D eigenvalue weighted by Gasteiger charge is -2.45. The van der Waals surface area contributed by atoms with Gasteiger partial charge in [0, 0.05) is 45.5 Å². The average molecular weight is 800 g/mol. The molecule has 9 aromatic rings. The normalized spacial score (nSPS) is 13.2. The van der Waals surface area contributed by atoms with Crippen LogP contribution in [0.5, 0.6) is 0 Å². The Balaban J connectivity index is 1.30. The van der Waals surface area contributed by atoms with Crippen molar-refractivity contribution >= 4 is 95.8 Å². The average Bonchev–Trinajstić information content (AvgIpc) is 3.28. The number of nitrogens with zero attached hydrogens (tertiary/aromatic N) is 3. The molecule has 11 rings (SSSR count). The summed E-state index contributed by atoms with van der Waals surface area (Å²) < 4.78 is 0. The van der Waals surface area contributed by atoms with E-state index < -0.39 is 0 Å². The maximum Gasteiger partial charge on any atom is 0.252 e. The van der Waals surface area contributed by atoms with Crippen molar-refractivity contribution in [1.82, 2.24) is 0 Å². The van der Waals surface area contributed by atoms with E-state index in [0.717, 1.165) is 28.4 Å². The monoisotopic (exact) mass is 799 g/mol. The molecule has 0 radical (unpaired) electrons. The Bertz CT molecular complexity index is 3120. The zero-order chi connectivity index (χ0) is 42.3. The molecule has 3 nitrogen and oxygen atoms in total. The van der Waals surface area contributed by atoms with E-state index in [1.807, 2.05) is 0 Å². The fraction of sp³-hybridized carbons (Fsp3) is 0.138. The number of para-hydroxylation sites is 2. The molecule has 62 heavy (non-hydrogen) atoms. The van der Waals surface area contributed by atoms with Crippen LogP contribution in [0.2, 0.25) is 0 Å². The number of rotatable bonds is 5. The fourth-order valence-electron chi connectivity index (χ4n) is 9.94. The van der Waals surface area contributed by atoms with E-state index in [2.05, 4.69) is 250 Å². The molecular formula is C58H50BN3. The zero-order valence-corrected chi connectivity index (χ0v) is 36.4. The molecule has 2 heterocycles. The Morgan fingerprint density at radius 3 is 1.53 bits per heavy atom. The van der Waals surface area contributed by atoms with Gasteiger partial charge in [-0.05, 0) is 133 Å². The van der Waals surface area contributed by atoms with Gasteiger partial charge in [-0.15, -0.1) is 0 Å². The second kappa shape index (κ2) is 14.3. The summed E-state index contributed by atoms with van der Waals surface area (Å²) >= 11 is 0. The zero-order valence-electron chi connectivity index (χ0n) is 36.4. The first kappa shape index (κ1) is 37.9. The van der Waals surface area contributed by atoms with Crippen molar-refractivity contribution in [1.29, 1.82) is 0 Å². The first-order valence-electron chi connectivity index (χ1n) is 22.0. The summed E-state index contributed by atoms with van der Waals surface area (Å²) in [4.78, 5) is 7.52. The molecule has 0 aliphatic carbocycles. The van der Waals surface area contributed by atoms with Crippen molar-refractivity contribution in [2.45, 2.75) is 52.4 Å². The predicted molar refractivity (Wildman–Crippen MR) is 268 cm³/mol. The number of hydrogen-bond donors (Lipinski definition) is 0. The summed E-state index contributed by atoms with van der Waals surface area (Å²) in [6.07, 6.45) is 0. The lowest BCUT2D eigenvalue weighted by Crippen LogP contribution is -2.61. The summed E-state index contributed by atoms with van der Waals surface area (Å²) in [5.41, 5.74) is 17.0. The van der Waals surface area contributed by atoms with Gasteiger partial charge in [-0.3, -0.25) is 0 Å². The van der Waals surface area contributed by atoms with Crippen LogP contribution in [-0.4, -0.2) is 6.71 Å². The molecule has 0 amide bonds. The van der Waals surface area contributed by atoms with Crippen LogP contribution in [0.4, 0.5) is 51.2 Å². The van der Waals surface area contributed by atoms with Crippen molar-refractivity contribution in [2.24, 2.45) is 0 Å². The van der Waals surface area contributed by atoms with Gasteiger partial charge in [0.25, 0.3) is 6.71 Å². The van der Waals surface area contributed by atoms with E-state index in [1.54, 1.807) is 0 Å². The number of fused-ring (bicyclic) bond motifs is 7. The lowest BCUT2D eigenvalue weighted by atomic mass is 9.32. The Labute approximate surface area is 366 Å². The molecule has 0 fully saturated rings. The van der Waals surface area contributed by atoms with Crippen molar-refractivity contribution in [3.05, 3.63) is 205 Å². The molecule has 0 bridgehead atoms. The molecule has 0 spiro atoms.